The van der Waals surface area contributed by atoms with E-state index in [0.717, 1.165) is 12.0 Å². The van der Waals surface area contributed by atoms with Crippen LogP contribution in [0.3, 0.4) is 0 Å². The molecule has 0 bridgehead atoms. The standard InChI is InChI=1S/C26H38O6/c1-18(15-31-16-21-10-8-7-9-11-21)12-19(2)23(32-17-28-4)13-22-14-24(29-5)26(30-6)20(3)25(22)27/h7-11,14,18-19,23,27H,12-13,15-17H2,1-6H3/t18-,19-,23-/m0/s1. The van der Waals surface area contributed by atoms with Gasteiger partial charge in [0.15, 0.2) is 11.5 Å². The van der Waals surface area contributed by atoms with Gasteiger partial charge in [-0.1, -0.05) is 44.2 Å². The molecular formula is C26H38O6. The van der Waals surface area contributed by atoms with E-state index in [1.807, 2.05) is 31.2 Å². The van der Waals surface area contributed by atoms with Gasteiger partial charge in [-0.05, 0) is 36.8 Å². The predicted octanol–water partition coefficient (Wildman–Crippen LogP) is 5.13. The average Bonchev–Trinajstić information content (AvgIpc) is 2.79. The molecule has 0 aromatic heterocycles. The van der Waals surface area contributed by atoms with Gasteiger partial charge in [-0.25, -0.2) is 0 Å². The predicted molar refractivity (Wildman–Crippen MR) is 125 cm³/mol. The van der Waals surface area contributed by atoms with Crippen molar-refractivity contribution in [3.63, 3.8) is 0 Å². The molecular weight excluding hydrogens is 408 g/mol. The van der Waals surface area contributed by atoms with Crippen LogP contribution in [0.5, 0.6) is 17.2 Å². The number of hydrogen-bond donors (Lipinski definition) is 1. The van der Waals surface area contributed by atoms with Gasteiger partial charge in [0, 0.05) is 31.3 Å². The molecule has 0 aliphatic carbocycles. The lowest BCUT2D eigenvalue weighted by Gasteiger charge is -2.27. The van der Waals surface area contributed by atoms with Gasteiger partial charge in [0.2, 0.25) is 0 Å². The van der Waals surface area contributed by atoms with E-state index in [4.69, 9.17) is 23.7 Å². The first-order valence-electron chi connectivity index (χ1n) is 11.1. The third kappa shape index (κ3) is 7.40. The lowest BCUT2D eigenvalue weighted by Crippen LogP contribution is -2.28. The summed E-state index contributed by atoms with van der Waals surface area (Å²) in [6.07, 6.45) is 1.33. The highest BCUT2D eigenvalue weighted by Gasteiger charge is 2.25. The van der Waals surface area contributed by atoms with E-state index in [9.17, 15) is 5.11 Å². The molecule has 0 unspecified atom stereocenters. The first-order chi connectivity index (χ1) is 15.4. The van der Waals surface area contributed by atoms with Crippen molar-refractivity contribution in [2.24, 2.45) is 11.8 Å². The van der Waals surface area contributed by atoms with Crippen LogP contribution >= 0.6 is 0 Å². The number of rotatable bonds is 14. The molecule has 0 radical (unpaired) electrons. The largest absolute Gasteiger partial charge is 0.507 e. The molecule has 0 amide bonds. The Morgan fingerprint density at radius 1 is 1.00 bits per heavy atom. The van der Waals surface area contributed by atoms with E-state index in [0.29, 0.717) is 42.6 Å². The third-order valence-corrected chi connectivity index (χ3v) is 5.70. The number of phenolic OH excluding ortho intramolecular Hbond substituents is 1. The van der Waals surface area contributed by atoms with Crippen molar-refractivity contribution in [3.05, 3.63) is 53.1 Å². The second kappa shape index (κ2) is 13.3. The van der Waals surface area contributed by atoms with Crippen molar-refractivity contribution in [3.8, 4) is 17.2 Å². The van der Waals surface area contributed by atoms with Crippen molar-refractivity contribution < 1.29 is 28.8 Å². The van der Waals surface area contributed by atoms with Crippen LogP contribution in [0.15, 0.2) is 36.4 Å². The number of benzene rings is 2. The SMILES string of the molecule is COCO[C@@H](Cc1cc(OC)c(OC)c(C)c1O)[C@@H](C)C[C@H](C)COCc1ccccc1. The maximum atomic E-state index is 10.7. The Morgan fingerprint density at radius 2 is 1.72 bits per heavy atom. The molecule has 2 aromatic rings. The highest BCUT2D eigenvalue weighted by Crippen LogP contribution is 2.40. The zero-order valence-corrected chi connectivity index (χ0v) is 20.2. The molecule has 6 heteroatoms. The molecule has 2 rings (SSSR count). The van der Waals surface area contributed by atoms with Crippen LogP contribution in [0.1, 0.15) is 37.0 Å². The summed E-state index contributed by atoms with van der Waals surface area (Å²) in [6, 6.07) is 12.0. The Hall–Kier alpha value is -2.28. The molecule has 0 spiro atoms. The molecule has 32 heavy (non-hydrogen) atoms. The normalized spacial score (nSPS) is 14.1. The van der Waals surface area contributed by atoms with E-state index in [1.54, 1.807) is 21.3 Å². The minimum absolute atomic E-state index is 0.130. The maximum absolute atomic E-state index is 10.7. The monoisotopic (exact) mass is 446 g/mol. The Morgan fingerprint density at radius 3 is 2.34 bits per heavy atom. The van der Waals surface area contributed by atoms with Crippen LogP contribution in [0.2, 0.25) is 0 Å². The third-order valence-electron chi connectivity index (χ3n) is 5.70. The molecule has 0 saturated carbocycles. The van der Waals surface area contributed by atoms with Gasteiger partial charge in [-0.15, -0.1) is 0 Å². The van der Waals surface area contributed by atoms with Crippen molar-refractivity contribution in [1.82, 2.24) is 0 Å². The molecule has 0 aliphatic heterocycles. The highest BCUT2D eigenvalue weighted by atomic mass is 16.7. The summed E-state index contributed by atoms with van der Waals surface area (Å²) in [5.41, 5.74) is 2.59. The first-order valence-corrected chi connectivity index (χ1v) is 11.1. The average molecular weight is 447 g/mol. The molecule has 0 aliphatic rings. The van der Waals surface area contributed by atoms with Crippen molar-refractivity contribution >= 4 is 0 Å². The van der Waals surface area contributed by atoms with Gasteiger partial charge in [-0.2, -0.15) is 0 Å². The molecule has 0 heterocycles. The molecule has 2 aromatic carbocycles. The number of methoxy groups -OCH3 is 3. The summed E-state index contributed by atoms with van der Waals surface area (Å²) in [6.45, 7) is 7.66. The topological polar surface area (TPSA) is 66.4 Å². The van der Waals surface area contributed by atoms with E-state index < -0.39 is 0 Å². The fraction of sp³-hybridized carbons (Fsp3) is 0.538. The molecule has 0 saturated heterocycles. The number of phenols is 1. The second-order valence-corrected chi connectivity index (χ2v) is 8.38. The zero-order valence-electron chi connectivity index (χ0n) is 20.2. The van der Waals surface area contributed by atoms with Gasteiger partial charge in [0.25, 0.3) is 0 Å². The molecule has 0 fully saturated rings. The van der Waals surface area contributed by atoms with Crippen LogP contribution in [-0.4, -0.2) is 45.9 Å². The number of aromatic hydroxyl groups is 1. The Labute approximate surface area is 192 Å². The highest BCUT2D eigenvalue weighted by molar-refractivity contribution is 5.57. The molecule has 178 valence electrons. The Kier molecular flexibility index (Phi) is 10.8. The Balaban J connectivity index is 2.03. The molecule has 3 atom stereocenters. The lowest BCUT2D eigenvalue weighted by atomic mass is 9.89. The summed E-state index contributed by atoms with van der Waals surface area (Å²) >= 11 is 0. The van der Waals surface area contributed by atoms with E-state index in [1.165, 1.54) is 5.56 Å². The number of ether oxygens (including phenoxy) is 5. The minimum atomic E-state index is -0.130. The lowest BCUT2D eigenvalue weighted by molar-refractivity contribution is -0.0921. The van der Waals surface area contributed by atoms with E-state index in [2.05, 4.69) is 26.0 Å². The zero-order chi connectivity index (χ0) is 23.5. The van der Waals surface area contributed by atoms with Crippen molar-refractivity contribution in [1.29, 1.82) is 0 Å². The molecule has 1 N–H and O–H groups in total. The first kappa shape index (κ1) is 26.0. The molecule has 6 nitrogen and oxygen atoms in total. The fourth-order valence-electron chi connectivity index (χ4n) is 3.99. The summed E-state index contributed by atoms with van der Waals surface area (Å²) < 4.78 is 27.9. The van der Waals surface area contributed by atoms with E-state index >= 15 is 0 Å². The Bertz CT molecular complexity index is 808. The minimum Gasteiger partial charge on any atom is -0.507 e. The summed E-state index contributed by atoms with van der Waals surface area (Å²) in [5.74, 6) is 1.94. The van der Waals surface area contributed by atoms with Gasteiger partial charge in [0.1, 0.15) is 12.5 Å². The summed E-state index contributed by atoms with van der Waals surface area (Å²) in [4.78, 5) is 0. The van der Waals surface area contributed by atoms with Crippen LogP contribution in [0, 0.1) is 18.8 Å². The van der Waals surface area contributed by atoms with Gasteiger partial charge in [0.05, 0.1) is 26.9 Å². The van der Waals surface area contributed by atoms with Crippen molar-refractivity contribution in [2.45, 2.75) is 46.3 Å². The smallest absolute Gasteiger partial charge is 0.167 e. The van der Waals surface area contributed by atoms with Gasteiger partial charge in [-0.3, -0.25) is 0 Å². The van der Waals surface area contributed by atoms with Gasteiger partial charge < -0.3 is 28.8 Å². The maximum Gasteiger partial charge on any atom is 0.167 e. The summed E-state index contributed by atoms with van der Waals surface area (Å²) in [7, 11) is 4.77. The van der Waals surface area contributed by atoms with Crippen LogP contribution in [-0.2, 0) is 27.2 Å². The van der Waals surface area contributed by atoms with Crippen molar-refractivity contribution in [2.75, 3.05) is 34.7 Å². The fourth-order valence-corrected chi connectivity index (χ4v) is 3.99. The van der Waals surface area contributed by atoms with E-state index in [-0.39, 0.29) is 24.6 Å². The summed E-state index contributed by atoms with van der Waals surface area (Å²) in [5, 5.41) is 10.7. The second-order valence-electron chi connectivity index (χ2n) is 8.38. The quantitative estimate of drug-likeness (QED) is 0.406. The number of hydrogen-bond acceptors (Lipinski definition) is 6. The van der Waals surface area contributed by atoms with Crippen LogP contribution < -0.4 is 9.47 Å². The van der Waals surface area contributed by atoms with Crippen LogP contribution in [0.25, 0.3) is 0 Å². The van der Waals surface area contributed by atoms with Gasteiger partial charge >= 0.3 is 0 Å². The van der Waals surface area contributed by atoms with Crippen LogP contribution in [0.4, 0.5) is 0 Å².